The third-order valence-electron chi connectivity index (χ3n) is 15.8. The third kappa shape index (κ3) is 43.2. The molecule has 0 bridgehead atoms. The molecule has 0 spiro atoms. The third-order valence-corrected chi connectivity index (χ3v) is 16.4. The van der Waals surface area contributed by atoms with E-state index in [1.165, 1.54) is 25.6 Å². The van der Waals surface area contributed by atoms with Gasteiger partial charge in [-0.2, -0.15) is 11.8 Å². The molecule has 0 saturated carbocycles. The van der Waals surface area contributed by atoms with Crippen LogP contribution in [-0.4, -0.2) is 300 Å². The van der Waals surface area contributed by atoms with Crippen LogP contribution in [0.2, 0.25) is 0 Å². The van der Waals surface area contributed by atoms with Gasteiger partial charge in [-0.3, -0.25) is 82.3 Å². The molecule has 0 aliphatic rings. The molecule has 0 aromatic carbocycles. The lowest BCUT2D eigenvalue weighted by Crippen LogP contribution is -2.57. The first kappa shape index (κ1) is 96.9. The van der Waals surface area contributed by atoms with Gasteiger partial charge < -0.3 is 128 Å². The number of nitrogens with two attached hydrogens (primary N) is 2. The number of hydrogen-bond donors (Lipinski definition) is 24. The summed E-state index contributed by atoms with van der Waals surface area (Å²) >= 11 is 1.35. The highest BCUT2D eigenvalue weighted by Crippen LogP contribution is 2.07. The lowest BCUT2D eigenvalue weighted by Gasteiger charge is -2.24. The molecule has 608 valence electrons. The van der Waals surface area contributed by atoms with Crippen molar-refractivity contribution in [3.63, 3.8) is 0 Å². The summed E-state index contributed by atoms with van der Waals surface area (Å²) in [6.45, 7) is 4.32. The maximum absolute atomic E-state index is 14.0. The maximum Gasteiger partial charge on any atom is 0.326 e. The first-order chi connectivity index (χ1) is 50.9. The van der Waals surface area contributed by atoms with Crippen molar-refractivity contribution in [2.45, 2.75) is 159 Å². The number of aliphatic imine (C=N–C) groups is 4. The normalized spacial score (nSPS) is 14.1. The first-order valence-corrected chi connectivity index (χ1v) is 36.8. The summed E-state index contributed by atoms with van der Waals surface area (Å²) in [5.74, 6) is -9.58. The number of carbonyl (C=O) groups excluding carboxylic acids is 13. The van der Waals surface area contributed by atoms with Crippen LogP contribution in [0.1, 0.15) is 105 Å². The van der Waals surface area contributed by atoms with Crippen LogP contribution in [-0.2, 0) is 67.1 Å². The van der Waals surface area contributed by atoms with Crippen LogP contribution >= 0.6 is 11.8 Å². The number of unbranched alkanes of at least 4 members (excludes halogenated alkanes) is 1. The number of carboxylic acids is 1. The fourth-order valence-corrected chi connectivity index (χ4v) is 10.0. The number of nitrogens with one attached hydrogen (secondary N) is 21. The highest BCUT2D eigenvalue weighted by atomic mass is 32.2. The van der Waals surface area contributed by atoms with E-state index in [1.807, 2.05) is 0 Å². The highest BCUT2D eigenvalue weighted by molar-refractivity contribution is 7.98. The van der Waals surface area contributed by atoms with E-state index >= 15 is 0 Å². The first-order valence-electron chi connectivity index (χ1n) is 35.4. The Bertz CT molecular complexity index is 2960. The van der Waals surface area contributed by atoms with Gasteiger partial charge >= 0.3 is 5.97 Å². The van der Waals surface area contributed by atoms with Crippen molar-refractivity contribution < 1.29 is 72.2 Å². The summed E-state index contributed by atoms with van der Waals surface area (Å²) in [5, 5.41) is 65.8. The van der Waals surface area contributed by atoms with Crippen LogP contribution < -0.4 is 123 Å². The zero-order valence-electron chi connectivity index (χ0n) is 64.1. The summed E-state index contributed by atoms with van der Waals surface area (Å²) in [6, 6.07) is -10.8. The minimum absolute atomic E-state index is 0.0152. The number of aliphatic carboxylic acids is 1. The van der Waals surface area contributed by atoms with Crippen molar-refractivity contribution in [2.75, 3.05) is 134 Å². The molecule has 107 heavy (non-hydrogen) atoms. The van der Waals surface area contributed by atoms with Crippen molar-refractivity contribution >= 4 is 118 Å². The topological polar surface area (TPSA) is 613 Å². The highest BCUT2D eigenvalue weighted by Gasteiger charge is 2.31. The molecular weight excluding hydrogens is 1420 g/mol. The van der Waals surface area contributed by atoms with Gasteiger partial charge in [-0.15, -0.1) is 0 Å². The Morgan fingerprint density at radius 3 is 0.869 bits per heavy atom. The molecular formula is C64H121N27O15S. The SMILES string of the molecule is CN=C(NC)NCCC[C@H](NC(=O)CNC(=O)[C@H](CCSC)NC(=O)CNC(=O)[C@H](CCCNC(=NC)NC)NC(=O)CNC(=O)[C@H](CCCNC(=NC)NC)NC(=O)CNC(=O)[C@H](CCCNC(=NC)NC)NC(=O)[C@H](C)NC(=O)[C@H](C)NC(=O)[C@@H](N)C(C)C)C(=O)NCC(=O)N[C@@H](CCCCN)C(=O)O. The summed E-state index contributed by atoms with van der Waals surface area (Å²) in [7, 11) is 12.8. The number of thioether (sulfide) groups is 1. The standard InChI is InChI=1S/C64H121N27O15S/c1-37(2)51(66)59(104)85-38(3)52(97)84-39(4)53(98)91-43(24-19-30-78-64(73-11)74-12)57(102)82-33-47(93)87-40(21-16-27-75-61(67-5)68-6)54(99)79-32-46(92)86-41(22-17-28-76-62(69-7)70-8)55(100)80-35-49(95)89-44(25-31-107-13)58(103)83-34-48(94)88-42(23-18-29-77-63(71-9)72-10)56(101)81-36-50(96)90-45(60(105)106)20-14-15-26-65/h37-45,51H,14-36,65-66H2,1-13H3,(H,79,99)(H,80,100)(H,81,101)(H,82,102)(H,83,103)(H,84,97)(H,85,104)(H,86,92)(H,87,93)(H,88,94)(H,89,95)(H,90,96)(H,91,98)(H,105,106)(H2,67,68,75)(H2,69,70,76)(H2,71,72,77)(H2,73,74,78)/t38-,39-,40-,41-,42-,43-,44-,45-,51-/m0/s1. The molecule has 0 aromatic heterocycles. The van der Waals surface area contributed by atoms with Crippen molar-refractivity contribution in [2.24, 2.45) is 37.4 Å². The Hall–Kier alpha value is -10.1. The fourth-order valence-electron chi connectivity index (χ4n) is 9.56. The number of carbonyl (C=O) groups is 14. The van der Waals surface area contributed by atoms with Crippen LogP contribution in [0.5, 0.6) is 0 Å². The van der Waals surface area contributed by atoms with E-state index in [2.05, 4.69) is 132 Å². The number of carboxylic acid groups (broad SMARTS) is 1. The molecule has 26 N–H and O–H groups in total. The van der Waals surface area contributed by atoms with E-state index in [-0.39, 0.29) is 70.4 Å². The Morgan fingerprint density at radius 1 is 0.346 bits per heavy atom. The van der Waals surface area contributed by atoms with Crippen LogP contribution in [0.25, 0.3) is 0 Å². The number of guanidine groups is 4. The van der Waals surface area contributed by atoms with E-state index in [1.54, 1.807) is 76.5 Å². The zero-order valence-corrected chi connectivity index (χ0v) is 64.9. The molecule has 43 heteroatoms. The summed E-state index contributed by atoms with van der Waals surface area (Å²) in [6.07, 6.45) is 4.04. The Balaban J connectivity index is 6.45. The number of amides is 13. The number of hydrogen-bond acceptors (Lipinski definition) is 21. The smallest absolute Gasteiger partial charge is 0.326 e. The van der Waals surface area contributed by atoms with E-state index in [0.717, 1.165) is 0 Å². The molecule has 0 aromatic rings. The van der Waals surface area contributed by atoms with Gasteiger partial charge in [0.25, 0.3) is 0 Å². The van der Waals surface area contributed by atoms with Crippen molar-refractivity contribution in [1.29, 1.82) is 0 Å². The van der Waals surface area contributed by atoms with Gasteiger partial charge in [-0.1, -0.05) is 13.8 Å². The van der Waals surface area contributed by atoms with Gasteiger partial charge in [0.1, 0.15) is 48.3 Å². The molecule has 0 heterocycles. The van der Waals surface area contributed by atoms with Crippen LogP contribution in [0.4, 0.5) is 0 Å². The van der Waals surface area contributed by atoms with Crippen LogP contribution in [0.3, 0.4) is 0 Å². The second-order valence-corrected chi connectivity index (χ2v) is 25.4. The fraction of sp³-hybridized carbons (Fsp3) is 0.719. The predicted molar refractivity (Wildman–Crippen MR) is 407 cm³/mol. The van der Waals surface area contributed by atoms with E-state index in [4.69, 9.17) is 11.5 Å². The average Bonchev–Trinajstić information content (AvgIpc) is 0.973. The largest absolute Gasteiger partial charge is 0.480 e. The molecule has 9 atom stereocenters. The van der Waals surface area contributed by atoms with Gasteiger partial charge in [0.2, 0.25) is 76.8 Å². The molecule has 13 amide bonds. The molecule has 0 unspecified atom stereocenters. The maximum atomic E-state index is 14.0. The Kier molecular flexibility index (Phi) is 51.8. The molecule has 0 rings (SSSR count). The van der Waals surface area contributed by atoms with Crippen molar-refractivity contribution in [1.82, 2.24) is 112 Å². The average molecular weight is 1540 g/mol. The van der Waals surface area contributed by atoms with E-state index in [9.17, 15) is 72.2 Å². The van der Waals surface area contributed by atoms with Gasteiger partial charge in [0, 0.05) is 82.6 Å². The van der Waals surface area contributed by atoms with Gasteiger partial charge in [-0.05, 0) is 115 Å². The summed E-state index contributed by atoms with van der Waals surface area (Å²) in [4.78, 5) is 203. The lowest BCUT2D eigenvalue weighted by atomic mass is 10.0. The van der Waals surface area contributed by atoms with E-state index in [0.29, 0.717) is 74.9 Å². The quantitative estimate of drug-likeness (QED) is 0.0153. The molecule has 0 saturated heterocycles. The van der Waals surface area contributed by atoms with Crippen molar-refractivity contribution in [3.8, 4) is 0 Å². The Morgan fingerprint density at radius 2 is 0.607 bits per heavy atom. The minimum atomic E-state index is -1.32. The number of nitrogens with zero attached hydrogens (tertiary/aromatic N) is 4. The monoisotopic (exact) mass is 1540 g/mol. The lowest BCUT2D eigenvalue weighted by molar-refractivity contribution is -0.142. The van der Waals surface area contributed by atoms with Crippen LogP contribution in [0.15, 0.2) is 20.0 Å². The molecule has 0 fully saturated rings. The van der Waals surface area contributed by atoms with Gasteiger partial charge in [0.15, 0.2) is 23.8 Å². The van der Waals surface area contributed by atoms with Crippen molar-refractivity contribution in [3.05, 3.63) is 0 Å². The minimum Gasteiger partial charge on any atom is -0.480 e. The molecule has 0 aliphatic heterocycles. The Labute approximate surface area is 630 Å². The van der Waals surface area contributed by atoms with Gasteiger partial charge in [0.05, 0.1) is 38.8 Å². The summed E-state index contributed by atoms with van der Waals surface area (Å²) < 4.78 is 0. The number of rotatable bonds is 51. The van der Waals surface area contributed by atoms with E-state index < -0.39 is 170 Å². The van der Waals surface area contributed by atoms with Gasteiger partial charge in [-0.25, -0.2) is 4.79 Å². The summed E-state index contributed by atoms with van der Waals surface area (Å²) in [5.41, 5.74) is 11.4. The molecule has 0 radical (unpaired) electrons. The van der Waals surface area contributed by atoms with Crippen LogP contribution in [0, 0.1) is 5.92 Å². The predicted octanol–water partition coefficient (Wildman–Crippen LogP) is -9.26. The second-order valence-electron chi connectivity index (χ2n) is 24.5. The zero-order chi connectivity index (χ0) is 80.8. The second kappa shape index (κ2) is 57.2. The molecule has 42 nitrogen and oxygen atoms in total. The molecule has 0 aliphatic carbocycles.